The molecule has 1 aliphatic rings. The molecule has 0 aliphatic heterocycles. The van der Waals surface area contributed by atoms with Crippen molar-refractivity contribution in [2.45, 2.75) is 25.4 Å². The molecule has 1 N–H and O–H groups in total. The Bertz CT molecular complexity index is 819. The molecule has 1 fully saturated rings. The van der Waals surface area contributed by atoms with Crippen LogP contribution >= 0.6 is 11.3 Å². The number of urea groups is 1. The average molecular weight is 328 g/mol. The van der Waals surface area contributed by atoms with Gasteiger partial charge in [0.1, 0.15) is 5.01 Å². The Kier molecular flexibility index (Phi) is 3.45. The minimum absolute atomic E-state index is 0.128. The minimum atomic E-state index is -0.128. The molecule has 0 spiro atoms. The maximum Gasteiger partial charge on any atom is 0.323 e. The number of nitrogens with one attached hydrogen (secondary N) is 1. The molecule has 0 saturated heterocycles. The summed E-state index contributed by atoms with van der Waals surface area (Å²) in [5.41, 5.74) is 0.986. The number of amides is 2. The van der Waals surface area contributed by atoms with Crippen molar-refractivity contribution in [2.75, 3.05) is 5.32 Å². The van der Waals surface area contributed by atoms with E-state index in [4.69, 9.17) is 0 Å². The van der Waals surface area contributed by atoms with Crippen molar-refractivity contribution in [3.63, 3.8) is 0 Å². The second kappa shape index (κ2) is 5.62. The molecule has 1 aromatic carbocycles. The van der Waals surface area contributed by atoms with Crippen LogP contribution in [-0.2, 0) is 13.6 Å². The van der Waals surface area contributed by atoms with Gasteiger partial charge in [-0.15, -0.1) is 16.4 Å². The molecule has 0 unspecified atom stereocenters. The third kappa shape index (κ3) is 2.89. The highest BCUT2D eigenvalue weighted by Crippen LogP contribution is 2.31. The van der Waals surface area contributed by atoms with Crippen LogP contribution in [0.4, 0.5) is 10.6 Å². The lowest BCUT2D eigenvalue weighted by atomic mass is 10.3. The molecule has 1 saturated carbocycles. The monoisotopic (exact) mass is 328 g/mol. The summed E-state index contributed by atoms with van der Waals surface area (Å²) in [7, 11) is 1.75. The van der Waals surface area contributed by atoms with Crippen molar-refractivity contribution in [1.29, 1.82) is 0 Å². The van der Waals surface area contributed by atoms with Crippen LogP contribution in [0, 0.1) is 0 Å². The van der Waals surface area contributed by atoms with E-state index in [-0.39, 0.29) is 6.03 Å². The highest BCUT2D eigenvalue weighted by atomic mass is 32.1. The molecule has 3 aromatic rings. The molecular weight excluding hydrogens is 312 g/mol. The van der Waals surface area contributed by atoms with Gasteiger partial charge in [0.2, 0.25) is 0 Å². The first-order valence-electron chi connectivity index (χ1n) is 7.47. The van der Waals surface area contributed by atoms with Crippen molar-refractivity contribution >= 4 is 33.4 Å². The maximum atomic E-state index is 12.6. The van der Waals surface area contributed by atoms with Crippen LogP contribution in [0.25, 0.3) is 10.2 Å². The Morgan fingerprint density at radius 3 is 2.96 bits per heavy atom. The highest BCUT2D eigenvalue weighted by Gasteiger charge is 2.33. The molecule has 23 heavy (non-hydrogen) atoms. The van der Waals surface area contributed by atoms with Crippen LogP contribution in [0.1, 0.15) is 17.8 Å². The molecule has 2 aromatic heterocycles. The van der Waals surface area contributed by atoms with Gasteiger partial charge in [-0.25, -0.2) is 14.5 Å². The molecule has 0 radical (unpaired) electrons. The second-order valence-corrected chi connectivity index (χ2v) is 6.72. The average Bonchev–Trinajstić information content (AvgIpc) is 3.18. The first kappa shape index (κ1) is 14.1. The molecule has 0 atom stereocenters. The number of rotatable bonds is 4. The van der Waals surface area contributed by atoms with Crippen LogP contribution in [0.15, 0.2) is 30.5 Å². The topological polar surface area (TPSA) is 75.9 Å². The largest absolute Gasteiger partial charge is 0.323 e. The van der Waals surface area contributed by atoms with E-state index in [1.165, 1.54) is 0 Å². The molecule has 0 bridgehead atoms. The Labute approximate surface area is 136 Å². The lowest BCUT2D eigenvalue weighted by molar-refractivity contribution is 0.206. The predicted octanol–water partition coefficient (Wildman–Crippen LogP) is 2.62. The molecule has 2 amide bonds. The van der Waals surface area contributed by atoms with Gasteiger partial charge < -0.3 is 4.90 Å². The second-order valence-electron chi connectivity index (χ2n) is 5.61. The van der Waals surface area contributed by atoms with E-state index in [9.17, 15) is 4.79 Å². The SMILES string of the molecule is Cn1nncc1NC(=O)N(Cc1nc2ccccc2s1)C1CC1. The summed E-state index contributed by atoms with van der Waals surface area (Å²) in [6, 6.07) is 8.20. The van der Waals surface area contributed by atoms with E-state index in [1.54, 1.807) is 29.3 Å². The number of aromatic nitrogens is 4. The molecule has 118 valence electrons. The van der Waals surface area contributed by atoms with Crippen LogP contribution in [-0.4, -0.2) is 37.0 Å². The number of anilines is 1. The standard InChI is InChI=1S/C15H16N6OS/c1-20-13(8-16-19-20)18-15(22)21(10-6-7-10)9-14-17-11-4-2-3-5-12(11)23-14/h2-5,8,10H,6-7,9H2,1H3,(H,18,22). The van der Waals surface area contributed by atoms with Gasteiger partial charge in [-0.3, -0.25) is 5.32 Å². The minimum Gasteiger partial charge on any atom is -0.315 e. The normalized spacial score (nSPS) is 14.1. The van der Waals surface area contributed by atoms with E-state index in [0.29, 0.717) is 18.4 Å². The summed E-state index contributed by atoms with van der Waals surface area (Å²) in [6.07, 6.45) is 3.63. The first-order valence-corrected chi connectivity index (χ1v) is 8.29. The summed E-state index contributed by atoms with van der Waals surface area (Å²) >= 11 is 1.64. The zero-order valence-corrected chi connectivity index (χ0v) is 13.5. The van der Waals surface area contributed by atoms with Crippen LogP contribution in [0.3, 0.4) is 0 Å². The van der Waals surface area contributed by atoms with Crippen LogP contribution in [0.5, 0.6) is 0 Å². The molecular formula is C15H16N6OS. The number of aryl methyl sites for hydroxylation is 1. The number of carbonyl (C=O) groups excluding carboxylic acids is 1. The molecule has 1 aliphatic carbocycles. The Morgan fingerprint density at radius 2 is 2.26 bits per heavy atom. The molecule has 4 rings (SSSR count). The number of carbonyl (C=O) groups is 1. The number of para-hydroxylation sites is 1. The zero-order chi connectivity index (χ0) is 15.8. The van der Waals surface area contributed by atoms with Crippen molar-refractivity contribution in [3.05, 3.63) is 35.5 Å². The fraction of sp³-hybridized carbons (Fsp3) is 0.333. The summed E-state index contributed by atoms with van der Waals surface area (Å²) in [5.74, 6) is 0.588. The van der Waals surface area contributed by atoms with E-state index in [0.717, 1.165) is 28.1 Å². The lowest BCUT2D eigenvalue weighted by Gasteiger charge is -2.21. The summed E-state index contributed by atoms with van der Waals surface area (Å²) in [5, 5.41) is 11.4. The predicted molar refractivity (Wildman–Crippen MR) is 88.2 cm³/mol. The van der Waals surface area contributed by atoms with Gasteiger partial charge in [0.05, 0.1) is 23.0 Å². The van der Waals surface area contributed by atoms with Gasteiger partial charge in [-0.05, 0) is 25.0 Å². The number of fused-ring (bicyclic) bond motifs is 1. The number of benzene rings is 1. The van der Waals surface area contributed by atoms with Gasteiger partial charge in [0.15, 0.2) is 5.82 Å². The van der Waals surface area contributed by atoms with Crippen molar-refractivity contribution in [1.82, 2.24) is 24.9 Å². The maximum absolute atomic E-state index is 12.6. The number of thiazole rings is 1. The summed E-state index contributed by atoms with van der Waals surface area (Å²) in [6.45, 7) is 0.529. The quantitative estimate of drug-likeness (QED) is 0.799. The van der Waals surface area contributed by atoms with Gasteiger partial charge in [0, 0.05) is 13.1 Å². The van der Waals surface area contributed by atoms with Crippen LogP contribution in [0.2, 0.25) is 0 Å². The Hall–Kier alpha value is -2.48. The fourth-order valence-electron chi connectivity index (χ4n) is 2.47. The van der Waals surface area contributed by atoms with Crippen molar-refractivity contribution in [2.24, 2.45) is 7.05 Å². The smallest absolute Gasteiger partial charge is 0.315 e. The first-order chi connectivity index (χ1) is 11.2. The van der Waals surface area contributed by atoms with E-state index >= 15 is 0 Å². The van der Waals surface area contributed by atoms with Gasteiger partial charge in [0.25, 0.3) is 0 Å². The zero-order valence-electron chi connectivity index (χ0n) is 12.6. The Morgan fingerprint density at radius 1 is 1.43 bits per heavy atom. The van der Waals surface area contributed by atoms with E-state index in [2.05, 4.69) is 26.7 Å². The van der Waals surface area contributed by atoms with Gasteiger partial charge in [-0.2, -0.15) is 0 Å². The molecule has 7 nitrogen and oxygen atoms in total. The fourth-order valence-corrected chi connectivity index (χ4v) is 3.44. The van der Waals surface area contributed by atoms with E-state index < -0.39 is 0 Å². The van der Waals surface area contributed by atoms with Crippen molar-refractivity contribution in [3.8, 4) is 0 Å². The van der Waals surface area contributed by atoms with Crippen molar-refractivity contribution < 1.29 is 4.79 Å². The molecule has 2 heterocycles. The van der Waals surface area contributed by atoms with Crippen LogP contribution < -0.4 is 5.32 Å². The van der Waals surface area contributed by atoms with Gasteiger partial charge in [-0.1, -0.05) is 17.3 Å². The Balaban J connectivity index is 1.53. The third-order valence-corrected chi connectivity index (χ3v) is 4.86. The third-order valence-electron chi connectivity index (χ3n) is 3.84. The number of hydrogen-bond donors (Lipinski definition) is 1. The van der Waals surface area contributed by atoms with E-state index in [1.807, 2.05) is 23.1 Å². The number of nitrogens with zero attached hydrogens (tertiary/aromatic N) is 5. The summed E-state index contributed by atoms with van der Waals surface area (Å²) in [4.78, 5) is 19.1. The number of hydrogen-bond acceptors (Lipinski definition) is 5. The lowest BCUT2D eigenvalue weighted by Crippen LogP contribution is -2.36. The molecule has 8 heteroatoms. The highest BCUT2D eigenvalue weighted by molar-refractivity contribution is 7.18. The van der Waals surface area contributed by atoms with Gasteiger partial charge >= 0.3 is 6.03 Å². The summed E-state index contributed by atoms with van der Waals surface area (Å²) < 4.78 is 2.69.